The lowest BCUT2D eigenvalue weighted by Gasteiger charge is -2.35. The number of hydrogen-bond donors (Lipinski definition) is 5. The van der Waals surface area contributed by atoms with Crippen LogP contribution in [0.5, 0.6) is 5.75 Å². The Bertz CT molecular complexity index is 2930. The molecular weight excluding hydrogens is 955 g/mol. The van der Waals surface area contributed by atoms with Gasteiger partial charge >= 0.3 is 0 Å². The zero-order valence-corrected chi connectivity index (χ0v) is 44.7. The number of para-hydroxylation sites is 1. The summed E-state index contributed by atoms with van der Waals surface area (Å²) >= 11 is 1.58. The van der Waals surface area contributed by atoms with Gasteiger partial charge in [-0.2, -0.15) is 0 Å². The van der Waals surface area contributed by atoms with Crippen LogP contribution < -0.4 is 30.9 Å². The molecule has 74 heavy (non-hydrogen) atoms. The summed E-state index contributed by atoms with van der Waals surface area (Å²) in [6.07, 6.45) is 7.44. The van der Waals surface area contributed by atoms with Gasteiger partial charge in [0.2, 0.25) is 29.6 Å². The van der Waals surface area contributed by atoms with Crippen molar-refractivity contribution < 1.29 is 29.0 Å². The third-order valence-corrected chi connectivity index (χ3v) is 14.3. The molecule has 4 heterocycles. The highest BCUT2D eigenvalue weighted by atomic mass is 32.1. The number of anilines is 4. The van der Waals surface area contributed by atoms with Crippen LogP contribution in [0.25, 0.3) is 32.6 Å². The summed E-state index contributed by atoms with van der Waals surface area (Å²) in [6.45, 7) is 13.6. The van der Waals surface area contributed by atoms with E-state index in [1.165, 1.54) is 11.0 Å². The Kier molecular flexibility index (Phi) is 18.2. The number of unbranched alkanes of at least 4 members (excludes halogenated alkanes) is 3. The molecule has 0 saturated carbocycles. The summed E-state index contributed by atoms with van der Waals surface area (Å²) in [6, 6.07) is 19.9. The molecule has 0 spiro atoms. The molecule has 392 valence electrons. The molecule has 1 saturated heterocycles. The van der Waals surface area contributed by atoms with Gasteiger partial charge in [-0.1, -0.05) is 82.7 Å². The van der Waals surface area contributed by atoms with E-state index in [1.807, 2.05) is 109 Å². The van der Waals surface area contributed by atoms with Crippen molar-refractivity contribution in [2.45, 2.75) is 91.0 Å². The zero-order chi connectivity index (χ0) is 53.1. The zero-order valence-electron chi connectivity index (χ0n) is 43.9. The number of nitrogens with zero attached hydrogens (tertiary/aromatic N) is 7. The maximum atomic E-state index is 14.2. The van der Waals surface area contributed by atoms with Crippen LogP contribution in [0.15, 0.2) is 97.3 Å². The summed E-state index contributed by atoms with van der Waals surface area (Å²) in [5.41, 5.74) is 8.77. The number of likely N-dealkylation sites (N-methyl/N-ethyl adjacent to an activating group) is 1. The SMILES string of the molecule is C=CC(=O)Nc1cc(Nc2nccc(-c3cn(C)c4ccccc34)n2)c(OC)cc1N(CCCCCCC(=O)NC(C(=O)N1CC(O)CC1C(=O)NCc1ccc(-c2scnc2C)cc1)C(C)(C)C)CCN(C)C. The number of benzene rings is 3. The third-order valence-electron chi connectivity index (χ3n) is 13.3. The summed E-state index contributed by atoms with van der Waals surface area (Å²) in [7, 11) is 7.63. The van der Waals surface area contributed by atoms with E-state index in [-0.39, 0.29) is 43.7 Å². The Labute approximate surface area is 438 Å². The molecule has 18 heteroatoms. The highest BCUT2D eigenvalue weighted by Crippen LogP contribution is 2.39. The van der Waals surface area contributed by atoms with Gasteiger partial charge in [0, 0.05) is 87.5 Å². The quantitative estimate of drug-likeness (QED) is 0.0306. The molecule has 7 rings (SSSR count). The van der Waals surface area contributed by atoms with E-state index in [0.717, 1.165) is 75.4 Å². The third kappa shape index (κ3) is 13.7. The lowest BCUT2D eigenvalue weighted by Crippen LogP contribution is -2.57. The Morgan fingerprint density at radius 1 is 0.973 bits per heavy atom. The van der Waals surface area contributed by atoms with Crippen LogP contribution in [0, 0.1) is 12.3 Å². The number of amides is 4. The van der Waals surface area contributed by atoms with E-state index < -0.39 is 29.5 Å². The summed E-state index contributed by atoms with van der Waals surface area (Å²) in [5, 5.41) is 24.1. The van der Waals surface area contributed by atoms with Crippen LogP contribution >= 0.6 is 11.3 Å². The van der Waals surface area contributed by atoms with Crippen molar-refractivity contribution in [2.24, 2.45) is 12.5 Å². The largest absolute Gasteiger partial charge is 0.494 e. The molecule has 1 aliphatic heterocycles. The molecule has 6 aromatic rings. The van der Waals surface area contributed by atoms with Gasteiger partial charge in [-0.15, -0.1) is 11.3 Å². The first kappa shape index (κ1) is 54.6. The summed E-state index contributed by atoms with van der Waals surface area (Å²) < 4.78 is 8.02. The average molecular weight is 1030 g/mol. The van der Waals surface area contributed by atoms with E-state index in [1.54, 1.807) is 24.6 Å². The van der Waals surface area contributed by atoms with Gasteiger partial charge < -0.3 is 50.4 Å². The van der Waals surface area contributed by atoms with Gasteiger partial charge in [-0.25, -0.2) is 15.0 Å². The minimum atomic E-state index is -0.911. The second-order valence-corrected chi connectivity index (χ2v) is 21.1. The fourth-order valence-corrected chi connectivity index (χ4v) is 10.1. The second kappa shape index (κ2) is 24.7. The van der Waals surface area contributed by atoms with E-state index in [2.05, 4.69) is 70.5 Å². The van der Waals surface area contributed by atoms with Gasteiger partial charge in [-0.05, 0) is 74.7 Å². The normalized spacial score (nSPS) is 15.0. The molecule has 5 N–H and O–H groups in total. The van der Waals surface area contributed by atoms with E-state index in [0.29, 0.717) is 42.6 Å². The number of likely N-dealkylation sites (tertiary alicyclic amines) is 1. The number of fused-ring (bicyclic) bond motifs is 1. The van der Waals surface area contributed by atoms with Gasteiger partial charge in [0.05, 0.1) is 52.1 Å². The number of aryl methyl sites for hydroxylation is 2. The number of carbonyl (C=O) groups is 4. The first-order chi connectivity index (χ1) is 35.4. The van der Waals surface area contributed by atoms with E-state index in [4.69, 9.17) is 9.72 Å². The number of nitrogens with one attached hydrogen (secondary N) is 4. The van der Waals surface area contributed by atoms with Gasteiger partial charge in [0.1, 0.15) is 17.8 Å². The lowest BCUT2D eigenvalue weighted by atomic mass is 9.85. The fraction of sp³-hybridized carbons (Fsp3) is 0.411. The second-order valence-electron chi connectivity index (χ2n) is 20.2. The average Bonchev–Trinajstić information content (AvgIpc) is 4.10. The fourth-order valence-electron chi connectivity index (χ4n) is 9.25. The number of hydrogen-bond acceptors (Lipinski definition) is 13. The molecule has 1 fully saturated rings. The highest BCUT2D eigenvalue weighted by Gasteiger charge is 2.44. The minimum absolute atomic E-state index is 0.000345. The topological polar surface area (TPSA) is 199 Å². The predicted octanol–water partition coefficient (Wildman–Crippen LogP) is 8.07. The number of aliphatic hydroxyl groups is 1. The molecule has 3 aromatic heterocycles. The standard InChI is InChI=1S/C56H71N11O6S/c1-10-49(69)60-43-30-44(62-55-57-25-24-42(61-55)41-34-65(8)45-18-15-14-17-40(41)45)48(73-9)31-46(43)66(28-27-64(6)7)26-16-12-11-13-19-50(70)63-52(56(3,4)5)54(72)67-33-39(68)29-47(67)53(71)58-32-37-20-22-38(23-21-37)51-36(2)59-35-74-51/h10,14-15,17-18,20-25,30-31,34-35,39,47,52,68H,1,11-13,16,19,26-29,32-33H2,2-9H3,(H,58,71)(H,60,69)(H,63,70)(H,57,61,62). The number of methoxy groups -OCH3 is 1. The van der Waals surface area contributed by atoms with Crippen LogP contribution in [0.3, 0.4) is 0 Å². The number of β-amino-alcohol motifs (C(OH)–C–C–N with tert-alkyl or cyclic N) is 1. The van der Waals surface area contributed by atoms with Crippen LogP contribution in [0.4, 0.5) is 23.0 Å². The predicted molar refractivity (Wildman–Crippen MR) is 295 cm³/mol. The number of aliphatic hydroxyl groups excluding tert-OH is 1. The Morgan fingerprint density at radius 2 is 1.73 bits per heavy atom. The number of carbonyl (C=O) groups excluding carboxylic acids is 4. The molecule has 17 nitrogen and oxygen atoms in total. The molecule has 0 aliphatic carbocycles. The van der Waals surface area contributed by atoms with Crippen molar-refractivity contribution in [3.63, 3.8) is 0 Å². The van der Waals surface area contributed by atoms with E-state index in [9.17, 15) is 24.3 Å². The Balaban J connectivity index is 0.955. The number of thiazole rings is 1. The van der Waals surface area contributed by atoms with E-state index >= 15 is 0 Å². The summed E-state index contributed by atoms with van der Waals surface area (Å²) in [5.74, 6) is -0.475. The smallest absolute Gasteiger partial charge is 0.247 e. The highest BCUT2D eigenvalue weighted by molar-refractivity contribution is 7.13. The van der Waals surface area contributed by atoms with Crippen LogP contribution in [0.2, 0.25) is 0 Å². The first-order valence-corrected chi connectivity index (χ1v) is 26.1. The number of ether oxygens (including phenoxy) is 1. The molecule has 0 radical (unpaired) electrons. The maximum Gasteiger partial charge on any atom is 0.247 e. The molecule has 1 aliphatic rings. The number of rotatable bonds is 23. The van der Waals surface area contributed by atoms with Crippen LogP contribution in [-0.4, -0.2) is 124 Å². The molecule has 4 amide bonds. The molecule has 3 aromatic carbocycles. The van der Waals surface area contributed by atoms with Crippen molar-refractivity contribution in [3.05, 3.63) is 109 Å². The van der Waals surface area contributed by atoms with Gasteiger partial charge in [0.25, 0.3) is 0 Å². The Hall–Kier alpha value is -7.15. The maximum absolute atomic E-state index is 14.2. The van der Waals surface area contributed by atoms with Crippen molar-refractivity contribution in [2.75, 3.05) is 62.9 Å². The van der Waals surface area contributed by atoms with Crippen molar-refractivity contribution in [3.8, 4) is 27.4 Å². The summed E-state index contributed by atoms with van der Waals surface area (Å²) in [4.78, 5) is 74.9. The van der Waals surface area contributed by atoms with Crippen molar-refractivity contribution in [1.29, 1.82) is 0 Å². The first-order valence-electron chi connectivity index (χ1n) is 25.2. The van der Waals surface area contributed by atoms with Gasteiger partial charge in [-0.3, -0.25) is 19.2 Å². The molecular formula is C56H71N11O6S. The lowest BCUT2D eigenvalue weighted by molar-refractivity contribution is -0.144. The molecule has 0 bridgehead atoms. The Morgan fingerprint density at radius 3 is 2.43 bits per heavy atom. The van der Waals surface area contributed by atoms with Crippen molar-refractivity contribution in [1.82, 2.24) is 40.0 Å². The minimum Gasteiger partial charge on any atom is -0.494 e. The number of aromatic nitrogens is 4. The van der Waals surface area contributed by atoms with Crippen LogP contribution in [-0.2, 0) is 32.8 Å². The monoisotopic (exact) mass is 1030 g/mol. The molecule has 3 unspecified atom stereocenters. The molecule has 3 atom stereocenters. The van der Waals surface area contributed by atoms with Crippen molar-refractivity contribution >= 4 is 68.9 Å². The van der Waals surface area contributed by atoms with Gasteiger partial charge in [0.15, 0.2) is 0 Å². The van der Waals surface area contributed by atoms with Crippen LogP contribution in [0.1, 0.15) is 70.6 Å².